The second-order valence-corrected chi connectivity index (χ2v) is 14.6. The minimum absolute atomic E-state index is 0.183. The summed E-state index contributed by atoms with van der Waals surface area (Å²) >= 11 is 1.86. The average Bonchev–Trinajstić information content (AvgIpc) is 3.49. The normalized spacial score (nSPS) is 13.4. The topological polar surface area (TPSA) is 41.9 Å². The van der Waals surface area contributed by atoms with E-state index in [-0.39, 0.29) is 5.41 Å². The van der Waals surface area contributed by atoms with Gasteiger partial charge in [-0.1, -0.05) is 122 Å². The fourth-order valence-electron chi connectivity index (χ4n) is 7.15. The lowest BCUT2D eigenvalue weighted by Gasteiger charge is -2.42. The first kappa shape index (κ1) is 29.5. The molecular formula is C44H34N4S. The molecule has 1 aliphatic rings. The van der Waals surface area contributed by atoms with Crippen molar-refractivity contribution in [2.45, 2.75) is 33.1 Å². The number of thiophene rings is 1. The van der Waals surface area contributed by atoms with Crippen molar-refractivity contribution >= 4 is 48.6 Å². The molecule has 0 saturated carbocycles. The highest BCUT2D eigenvalue weighted by Crippen LogP contribution is 2.54. The van der Waals surface area contributed by atoms with Crippen LogP contribution in [0.4, 0.5) is 17.1 Å². The molecule has 0 amide bonds. The number of hydrogen-bond acceptors (Lipinski definition) is 5. The number of benzene rings is 6. The number of rotatable bonds is 4. The van der Waals surface area contributed by atoms with Gasteiger partial charge in [0.05, 0.1) is 11.4 Å². The first-order chi connectivity index (χ1) is 23.8. The summed E-state index contributed by atoms with van der Waals surface area (Å²) in [6, 6.07) is 47.8. The maximum absolute atomic E-state index is 5.07. The SMILES string of the molecule is Cc1ccc(-c2nc(-c3ccc(C)cc3)nc(-c3cccc(N4c5ccccc5C(C)(C)c5cc6c(cc54)sc4ccccc46)c3)n2)cc1. The van der Waals surface area contributed by atoms with Crippen molar-refractivity contribution in [3.8, 4) is 34.2 Å². The van der Waals surface area contributed by atoms with Crippen LogP contribution in [0.5, 0.6) is 0 Å². The van der Waals surface area contributed by atoms with E-state index >= 15 is 0 Å². The van der Waals surface area contributed by atoms with Gasteiger partial charge < -0.3 is 4.90 Å². The standard InChI is InChI=1S/C44H34N4S/c1-27-16-20-29(21-17-27)41-45-42(30-22-18-28(2)19-23-30)47-43(46-41)31-10-9-11-32(24-31)48-37-14-7-6-13-35(37)44(3,4)36-25-34-33-12-5-8-15-39(33)49-40(34)26-38(36)48/h5-26H,1-4H3. The highest BCUT2D eigenvalue weighted by Gasteiger charge is 2.37. The van der Waals surface area contributed by atoms with Crippen LogP contribution in [0.2, 0.25) is 0 Å². The van der Waals surface area contributed by atoms with Gasteiger partial charge in [-0.15, -0.1) is 11.3 Å². The summed E-state index contributed by atoms with van der Waals surface area (Å²) in [5.74, 6) is 1.97. The number of nitrogens with zero attached hydrogens (tertiary/aromatic N) is 4. The van der Waals surface area contributed by atoms with E-state index in [1.54, 1.807) is 0 Å². The second kappa shape index (κ2) is 11.2. The molecule has 0 spiro atoms. The van der Waals surface area contributed by atoms with E-state index in [0.717, 1.165) is 22.4 Å². The van der Waals surface area contributed by atoms with E-state index in [9.17, 15) is 0 Å². The Morgan fingerprint density at radius 2 is 1.10 bits per heavy atom. The van der Waals surface area contributed by atoms with Crippen molar-refractivity contribution in [2.24, 2.45) is 0 Å². The number of anilines is 3. The fraction of sp³-hybridized carbons (Fsp3) is 0.114. The van der Waals surface area contributed by atoms with Gasteiger partial charge in [0.1, 0.15) is 0 Å². The molecule has 3 heterocycles. The average molecular weight is 651 g/mol. The third-order valence-corrected chi connectivity index (χ3v) is 11.0. The predicted octanol–water partition coefficient (Wildman–Crippen LogP) is 12.0. The van der Waals surface area contributed by atoms with Crippen LogP contribution in [0.25, 0.3) is 54.3 Å². The molecule has 8 aromatic rings. The summed E-state index contributed by atoms with van der Waals surface area (Å²) in [7, 11) is 0. The van der Waals surface area contributed by atoms with Crippen LogP contribution in [0, 0.1) is 13.8 Å². The maximum Gasteiger partial charge on any atom is 0.164 e. The monoisotopic (exact) mass is 650 g/mol. The first-order valence-corrected chi connectivity index (χ1v) is 17.5. The van der Waals surface area contributed by atoms with E-state index in [1.807, 2.05) is 11.3 Å². The third kappa shape index (κ3) is 4.92. The second-order valence-electron chi connectivity index (χ2n) is 13.5. The van der Waals surface area contributed by atoms with Crippen molar-refractivity contribution in [2.75, 3.05) is 4.90 Å². The van der Waals surface area contributed by atoms with Gasteiger partial charge >= 0.3 is 0 Å². The van der Waals surface area contributed by atoms with Crippen LogP contribution >= 0.6 is 11.3 Å². The third-order valence-electron chi connectivity index (χ3n) is 9.85. The predicted molar refractivity (Wildman–Crippen MR) is 205 cm³/mol. The van der Waals surface area contributed by atoms with Crippen molar-refractivity contribution < 1.29 is 0 Å². The minimum atomic E-state index is -0.183. The van der Waals surface area contributed by atoms with E-state index in [0.29, 0.717) is 17.5 Å². The summed E-state index contributed by atoms with van der Waals surface area (Å²) < 4.78 is 2.60. The first-order valence-electron chi connectivity index (χ1n) is 16.7. The molecule has 0 atom stereocenters. The smallest absolute Gasteiger partial charge is 0.164 e. The van der Waals surface area contributed by atoms with Gasteiger partial charge in [0.25, 0.3) is 0 Å². The van der Waals surface area contributed by atoms with E-state index < -0.39 is 0 Å². The fourth-order valence-corrected chi connectivity index (χ4v) is 8.27. The van der Waals surface area contributed by atoms with Gasteiger partial charge in [0, 0.05) is 48.0 Å². The van der Waals surface area contributed by atoms with Crippen molar-refractivity contribution in [1.82, 2.24) is 15.0 Å². The highest BCUT2D eigenvalue weighted by atomic mass is 32.1. The molecule has 0 fully saturated rings. The Labute approximate surface area is 290 Å². The molecule has 1 aliphatic heterocycles. The summed E-state index contributed by atoms with van der Waals surface area (Å²) in [4.78, 5) is 17.5. The van der Waals surface area contributed by atoms with Crippen LogP contribution in [-0.2, 0) is 5.41 Å². The van der Waals surface area contributed by atoms with Crippen molar-refractivity contribution in [3.63, 3.8) is 0 Å². The Morgan fingerprint density at radius 1 is 0.490 bits per heavy atom. The Balaban J connectivity index is 1.24. The van der Waals surface area contributed by atoms with E-state index in [1.165, 1.54) is 53.8 Å². The van der Waals surface area contributed by atoms with Gasteiger partial charge in [-0.25, -0.2) is 15.0 Å². The molecule has 236 valence electrons. The summed E-state index contributed by atoms with van der Waals surface area (Å²) in [6.45, 7) is 8.89. The lowest BCUT2D eigenvalue weighted by atomic mass is 9.73. The molecule has 0 N–H and O–H groups in total. The van der Waals surface area contributed by atoms with E-state index in [4.69, 9.17) is 15.0 Å². The van der Waals surface area contributed by atoms with Crippen LogP contribution in [-0.4, -0.2) is 15.0 Å². The zero-order valence-corrected chi connectivity index (χ0v) is 28.7. The summed E-state index contributed by atoms with van der Waals surface area (Å²) in [5, 5.41) is 2.63. The molecule has 5 heteroatoms. The Bertz CT molecular complexity index is 2480. The largest absolute Gasteiger partial charge is 0.310 e. The number of hydrogen-bond donors (Lipinski definition) is 0. The van der Waals surface area contributed by atoms with Gasteiger partial charge in [-0.05, 0) is 61.4 Å². The molecule has 9 rings (SSSR count). The minimum Gasteiger partial charge on any atom is -0.310 e. The molecule has 49 heavy (non-hydrogen) atoms. The van der Waals surface area contributed by atoms with Gasteiger partial charge in [-0.3, -0.25) is 0 Å². The molecule has 0 unspecified atom stereocenters. The number of aromatic nitrogens is 3. The Kier molecular flexibility index (Phi) is 6.75. The zero-order chi connectivity index (χ0) is 33.3. The molecule has 2 aromatic heterocycles. The number of aryl methyl sites for hydroxylation is 2. The molecule has 0 saturated heterocycles. The molecule has 0 bridgehead atoms. The van der Waals surface area contributed by atoms with Crippen LogP contribution < -0.4 is 4.90 Å². The molecular weight excluding hydrogens is 617 g/mol. The highest BCUT2D eigenvalue weighted by molar-refractivity contribution is 7.25. The maximum atomic E-state index is 5.07. The zero-order valence-electron chi connectivity index (χ0n) is 27.9. The van der Waals surface area contributed by atoms with E-state index in [2.05, 4.69) is 166 Å². The lowest BCUT2D eigenvalue weighted by Crippen LogP contribution is -2.30. The number of fused-ring (bicyclic) bond motifs is 5. The van der Waals surface area contributed by atoms with Crippen LogP contribution in [0.1, 0.15) is 36.1 Å². The van der Waals surface area contributed by atoms with Gasteiger partial charge in [-0.2, -0.15) is 0 Å². The van der Waals surface area contributed by atoms with Gasteiger partial charge in [0.2, 0.25) is 0 Å². The number of para-hydroxylation sites is 1. The van der Waals surface area contributed by atoms with Gasteiger partial charge in [0.15, 0.2) is 17.5 Å². The molecule has 0 aliphatic carbocycles. The molecule has 4 nitrogen and oxygen atoms in total. The summed E-state index contributed by atoms with van der Waals surface area (Å²) in [5.41, 5.74) is 11.2. The van der Waals surface area contributed by atoms with Crippen LogP contribution in [0.15, 0.2) is 133 Å². The van der Waals surface area contributed by atoms with Crippen molar-refractivity contribution in [1.29, 1.82) is 0 Å². The Hall–Kier alpha value is -5.65. The quantitative estimate of drug-likeness (QED) is 0.190. The summed E-state index contributed by atoms with van der Waals surface area (Å²) in [6.07, 6.45) is 0. The molecule has 6 aromatic carbocycles. The van der Waals surface area contributed by atoms with Crippen molar-refractivity contribution in [3.05, 3.63) is 156 Å². The lowest BCUT2D eigenvalue weighted by molar-refractivity contribution is 0.633. The molecule has 0 radical (unpaired) electrons. The Morgan fingerprint density at radius 3 is 1.80 bits per heavy atom. The van der Waals surface area contributed by atoms with Crippen LogP contribution in [0.3, 0.4) is 0 Å².